The maximum Gasteiger partial charge on any atom is 0.344 e. The molecule has 0 aliphatic rings. The van der Waals surface area contributed by atoms with Crippen LogP contribution in [0.3, 0.4) is 0 Å². The monoisotopic (exact) mass is 293 g/mol. The Bertz CT molecular complexity index is 459. The van der Waals surface area contributed by atoms with Crippen LogP contribution in [-0.4, -0.2) is 23.7 Å². The van der Waals surface area contributed by atoms with Crippen molar-refractivity contribution < 1.29 is 14.6 Å². The summed E-state index contributed by atoms with van der Waals surface area (Å²) < 4.78 is 5.76. The Hall–Kier alpha value is -1.55. The fourth-order valence-electron chi connectivity index (χ4n) is 2.23. The third kappa shape index (κ3) is 5.38. The number of aliphatic carboxylic acids is 1. The molecule has 4 nitrogen and oxygen atoms in total. The van der Waals surface area contributed by atoms with Crippen LogP contribution in [0.15, 0.2) is 18.2 Å². The van der Waals surface area contributed by atoms with Crippen LogP contribution in [0.2, 0.25) is 0 Å². The highest BCUT2D eigenvalue weighted by molar-refractivity contribution is 5.72. The minimum Gasteiger partial charge on any atom is -0.479 e. The summed E-state index contributed by atoms with van der Waals surface area (Å²) >= 11 is 0. The first-order chi connectivity index (χ1) is 9.99. The van der Waals surface area contributed by atoms with Crippen molar-refractivity contribution in [3.63, 3.8) is 0 Å². The second-order valence-corrected chi connectivity index (χ2v) is 5.45. The molecule has 0 amide bonds. The van der Waals surface area contributed by atoms with Crippen LogP contribution in [0.25, 0.3) is 0 Å². The number of carbonyl (C=O) groups is 1. The van der Waals surface area contributed by atoms with E-state index in [-0.39, 0.29) is 6.04 Å². The lowest BCUT2D eigenvalue weighted by atomic mass is 10.0. The van der Waals surface area contributed by atoms with Gasteiger partial charge in [0.15, 0.2) is 6.10 Å². The van der Waals surface area contributed by atoms with Crippen molar-refractivity contribution in [1.82, 2.24) is 5.32 Å². The van der Waals surface area contributed by atoms with Crippen molar-refractivity contribution in [2.24, 2.45) is 0 Å². The van der Waals surface area contributed by atoms with Gasteiger partial charge in [-0.1, -0.05) is 38.0 Å². The summed E-state index contributed by atoms with van der Waals surface area (Å²) in [7, 11) is 0. The fraction of sp³-hybridized carbons (Fsp3) is 0.588. The molecule has 0 heterocycles. The van der Waals surface area contributed by atoms with E-state index in [9.17, 15) is 9.90 Å². The molecule has 0 fully saturated rings. The molecule has 0 aromatic heterocycles. The first kappa shape index (κ1) is 17.5. The van der Waals surface area contributed by atoms with E-state index in [1.165, 1.54) is 0 Å². The van der Waals surface area contributed by atoms with Crippen LogP contribution in [0.1, 0.15) is 57.2 Å². The number of carboxylic acid groups (broad SMARTS) is 1. The lowest BCUT2D eigenvalue weighted by molar-refractivity contribution is -0.145. The van der Waals surface area contributed by atoms with Crippen molar-refractivity contribution in [2.75, 3.05) is 6.54 Å². The summed E-state index contributed by atoms with van der Waals surface area (Å²) in [5.74, 6) is -0.241. The van der Waals surface area contributed by atoms with E-state index in [2.05, 4.69) is 25.2 Å². The van der Waals surface area contributed by atoms with Gasteiger partial charge < -0.3 is 15.2 Å². The van der Waals surface area contributed by atoms with E-state index in [0.29, 0.717) is 12.2 Å². The smallest absolute Gasteiger partial charge is 0.344 e. The zero-order valence-electron chi connectivity index (χ0n) is 13.5. The topological polar surface area (TPSA) is 58.6 Å². The Kier molecular flexibility index (Phi) is 7.23. The van der Waals surface area contributed by atoms with E-state index < -0.39 is 12.1 Å². The SMILES string of the molecule is CCCNC(C)c1cc(C)ccc1OC(CCC)C(=O)O. The molecule has 0 radical (unpaired) electrons. The van der Waals surface area contributed by atoms with Crippen molar-refractivity contribution in [3.8, 4) is 5.75 Å². The average molecular weight is 293 g/mol. The van der Waals surface area contributed by atoms with Crippen molar-refractivity contribution >= 4 is 5.97 Å². The summed E-state index contributed by atoms with van der Waals surface area (Å²) in [5, 5.41) is 12.7. The van der Waals surface area contributed by atoms with Gasteiger partial charge in [0, 0.05) is 11.6 Å². The van der Waals surface area contributed by atoms with Gasteiger partial charge in [-0.05, 0) is 39.3 Å². The van der Waals surface area contributed by atoms with Gasteiger partial charge in [0.2, 0.25) is 0 Å². The van der Waals surface area contributed by atoms with Crippen LogP contribution in [0.5, 0.6) is 5.75 Å². The van der Waals surface area contributed by atoms with Gasteiger partial charge >= 0.3 is 5.97 Å². The average Bonchev–Trinajstić information content (AvgIpc) is 2.45. The zero-order valence-corrected chi connectivity index (χ0v) is 13.5. The second-order valence-electron chi connectivity index (χ2n) is 5.45. The van der Waals surface area contributed by atoms with E-state index in [1.54, 1.807) is 0 Å². The van der Waals surface area contributed by atoms with E-state index in [1.807, 2.05) is 26.0 Å². The number of carboxylic acids is 1. The van der Waals surface area contributed by atoms with Crippen molar-refractivity contribution in [1.29, 1.82) is 0 Å². The molecule has 0 saturated carbocycles. The quantitative estimate of drug-likeness (QED) is 0.729. The summed E-state index contributed by atoms with van der Waals surface area (Å²) in [6.45, 7) is 9.11. The molecule has 0 aliphatic carbocycles. The number of ether oxygens (including phenoxy) is 1. The second kappa shape index (κ2) is 8.67. The largest absolute Gasteiger partial charge is 0.479 e. The minimum absolute atomic E-state index is 0.135. The Labute approximate surface area is 127 Å². The third-order valence-electron chi connectivity index (χ3n) is 3.43. The van der Waals surface area contributed by atoms with Gasteiger partial charge in [-0.25, -0.2) is 4.79 Å². The molecular formula is C17H27NO3. The number of rotatable bonds is 9. The standard InChI is InChI=1S/C17H27NO3/c1-5-7-16(17(19)20)21-15-9-8-12(3)11-14(15)13(4)18-10-6-2/h8-9,11,13,16,18H,5-7,10H2,1-4H3,(H,19,20). The van der Waals surface area contributed by atoms with E-state index in [0.717, 1.165) is 30.5 Å². The highest BCUT2D eigenvalue weighted by atomic mass is 16.5. The normalized spacial score (nSPS) is 13.7. The molecular weight excluding hydrogens is 266 g/mol. The Morgan fingerprint density at radius 2 is 2.05 bits per heavy atom. The van der Waals surface area contributed by atoms with Gasteiger partial charge in [0.25, 0.3) is 0 Å². The number of aryl methyl sites for hydroxylation is 1. The van der Waals surface area contributed by atoms with Gasteiger partial charge in [-0.15, -0.1) is 0 Å². The summed E-state index contributed by atoms with van der Waals surface area (Å²) in [6.07, 6.45) is 1.57. The predicted octanol–water partition coefficient (Wildman–Crippen LogP) is 3.69. The van der Waals surface area contributed by atoms with E-state index >= 15 is 0 Å². The first-order valence-electron chi connectivity index (χ1n) is 7.72. The van der Waals surface area contributed by atoms with Crippen LogP contribution in [0, 0.1) is 6.92 Å². The molecule has 1 aromatic rings. The Balaban J connectivity index is 2.97. The summed E-state index contributed by atoms with van der Waals surface area (Å²) in [5.41, 5.74) is 2.16. The highest BCUT2D eigenvalue weighted by Gasteiger charge is 2.21. The highest BCUT2D eigenvalue weighted by Crippen LogP contribution is 2.28. The minimum atomic E-state index is -0.905. The molecule has 0 spiro atoms. The predicted molar refractivity (Wildman–Crippen MR) is 84.8 cm³/mol. The number of hydrogen-bond donors (Lipinski definition) is 2. The molecule has 0 saturated heterocycles. The van der Waals surface area contributed by atoms with Crippen molar-refractivity contribution in [3.05, 3.63) is 29.3 Å². The molecule has 21 heavy (non-hydrogen) atoms. The first-order valence-corrected chi connectivity index (χ1v) is 7.72. The molecule has 0 aliphatic heterocycles. The molecule has 0 bridgehead atoms. The van der Waals surface area contributed by atoms with Crippen LogP contribution in [0.4, 0.5) is 0 Å². The fourth-order valence-corrected chi connectivity index (χ4v) is 2.23. The summed E-state index contributed by atoms with van der Waals surface area (Å²) in [6, 6.07) is 6.03. The molecule has 2 N–H and O–H groups in total. The van der Waals surface area contributed by atoms with Gasteiger partial charge in [-0.2, -0.15) is 0 Å². The Morgan fingerprint density at radius 3 is 2.62 bits per heavy atom. The van der Waals surface area contributed by atoms with Gasteiger partial charge in [0.1, 0.15) is 5.75 Å². The van der Waals surface area contributed by atoms with Crippen molar-refractivity contribution in [2.45, 2.75) is 59.1 Å². The maximum atomic E-state index is 11.3. The van der Waals surface area contributed by atoms with E-state index in [4.69, 9.17) is 4.74 Å². The van der Waals surface area contributed by atoms with Crippen LogP contribution >= 0.6 is 0 Å². The molecule has 2 atom stereocenters. The zero-order chi connectivity index (χ0) is 15.8. The third-order valence-corrected chi connectivity index (χ3v) is 3.43. The van der Waals surface area contributed by atoms with Gasteiger partial charge in [-0.3, -0.25) is 0 Å². The number of benzene rings is 1. The maximum absolute atomic E-state index is 11.3. The molecule has 2 unspecified atom stereocenters. The summed E-state index contributed by atoms with van der Waals surface area (Å²) in [4.78, 5) is 11.3. The number of nitrogens with one attached hydrogen (secondary N) is 1. The van der Waals surface area contributed by atoms with Gasteiger partial charge in [0.05, 0.1) is 0 Å². The molecule has 4 heteroatoms. The van der Waals surface area contributed by atoms with Crippen LogP contribution in [-0.2, 0) is 4.79 Å². The molecule has 1 aromatic carbocycles. The number of hydrogen-bond acceptors (Lipinski definition) is 3. The molecule has 118 valence electrons. The molecule has 1 rings (SSSR count). The lowest BCUT2D eigenvalue weighted by Crippen LogP contribution is -2.28. The van der Waals surface area contributed by atoms with Crippen LogP contribution < -0.4 is 10.1 Å². The lowest BCUT2D eigenvalue weighted by Gasteiger charge is -2.21. The Morgan fingerprint density at radius 1 is 1.33 bits per heavy atom.